The van der Waals surface area contributed by atoms with Crippen LogP contribution in [0.2, 0.25) is 0 Å². The highest BCUT2D eigenvalue weighted by molar-refractivity contribution is 5.25. The second kappa shape index (κ2) is 5.81. The lowest BCUT2D eigenvalue weighted by molar-refractivity contribution is 0.174. The summed E-state index contributed by atoms with van der Waals surface area (Å²) in [5.74, 6) is -0.199. The van der Waals surface area contributed by atoms with Gasteiger partial charge in [0.05, 0.1) is 5.54 Å². The Morgan fingerprint density at radius 1 is 1.17 bits per heavy atom. The van der Waals surface area contributed by atoms with Gasteiger partial charge in [0, 0.05) is 6.54 Å². The van der Waals surface area contributed by atoms with Crippen molar-refractivity contribution in [2.75, 3.05) is 19.6 Å². The first-order valence-electron chi connectivity index (χ1n) is 6.91. The van der Waals surface area contributed by atoms with Crippen LogP contribution in [0.5, 0.6) is 0 Å². The van der Waals surface area contributed by atoms with Gasteiger partial charge in [0.1, 0.15) is 5.82 Å². The number of nitrogens with zero attached hydrogens (tertiary/aromatic N) is 1. The van der Waals surface area contributed by atoms with Gasteiger partial charge in [-0.05, 0) is 50.0 Å². The van der Waals surface area contributed by atoms with Crippen LogP contribution in [0.4, 0.5) is 4.39 Å². The minimum Gasteiger partial charge on any atom is -0.320 e. The molecule has 1 atom stereocenters. The fourth-order valence-electron chi connectivity index (χ4n) is 2.71. The predicted molar refractivity (Wildman–Crippen MR) is 72.8 cm³/mol. The monoisotopic (exact) mass is 250 g/mol. The normalized spacial score (nSPS) is 20.6. The van der Waals surface area contributed by atoms with Crippen LogP contribution in [-0.4, -0.2) is 24.5 Å². The summed E-state index contributed by atoms with van der Waals surface area (Å²) >= 11 is 0. The summed E-state index contributed by atoms with van der Waals surface area (Å²) in [4.78, 5) is 2.44. The Kier molecular flexibility index (Phi) is 4.36. The van der Waals surface area contributed by atoms with E-state index in [-0.39, 0.29) is 11.4 Å². The summed E-state index contributed by atoms with van der Waals surface area (Å²) in [5, 5.41) is 0. The smallest absolute Gasteiger partial charge is 0.123 e. The molecule has 0 aliphatic carbocycles. The van der Waals surface area contributed by atoms with E-state index in [0.717, 1.165) is 31.6 Å². The van der Waals surface area contributed by atoms with Crippen molar-refractivity contribution < 1.29 is 4.39 Å². The summed E-state index contributed by atoms with van der Waals surface area (Å²) in [6, 6.07) is 6.65. The number of hydrogen-bond acceptors (Lipinski definition) is 2. The highest BCUT2D eigenvalue weighted by Crippen LogP contribution is 2.25. The molecule has 18 heavy (non-hydrogen) atoms. The molecule has 2 rings (SSSR count). The van der Waals surface area contributed by atoms with Gasteiger partial charge in [0.25, 0.3) is 0 Å². The van der Waals surface area contributed by atoms with E-state index >= 15 is 0 Å². The molecule has 1 heterocycles. The van der Waals surface area contributed by atoms with E-state index in [9.17, 15) is 4.39 Å². The molecule has 2 N–H and O–H groups in total. The SMILES string of the molecule is CCC(N)(CN1CCCCC1)c1ccc(F)cc1. The molecule has 0 spiro atoms. The average Bonchev–Trinajstić information content (AvgIpc) is 2.40. The zero-order valence-corrected chi connectivity index (χ0v) is 11.2. The minimum absolute atomic E-state index is 0.199. The first kappa shape index (κ1) is 13.5. The van der Waals surface area contributed by atoms with Crippen molar-refractivity contribution >= 4 is 0 Å². The number of rotatable bonds is 4. The van der Waals surface area contributed by atoms with Gasteiger partial charge in [-0.1, -0.05) is 25.5 Å². The third-order valence-electron chi connectivity index (χ3n) is 4.00. The predicted octanol–water partition coefficient (Wildman–Crippen LogP) is 2.88. The van der Waals surface area contributed by atoms with Gasteiger partial charge in [-0.2, -0.15) is 0 Å². The van der Waals surface area contributed by atoms with Crippen LogP contribution in [-0.2, 0) is 5.54 Å². The minimum atomic E-state index is -0.356. The molecule has 1 aromatic carbocycles. The van der Waals surface area contributed by atoms with Gasteiger partial charge in [-0.3, -0.25) is 0 Å². The average molecular weight is 250 g/mol. The van der Waals surface area contributed by atoms with E-state index in [0.29, 0.717) is 0 Å². The Balaban J connectivity index is 2.10. The lowest BCUT2D eigenvalue weighted by Crippen LogP contribution is -2.48. The van der Waals surface area contributed by atoms with Gasteiger partial charge >= 0.3 is 0 Å². The molecule has 100 valence electrons. The van der Waals surface area contributed by atoms with Crippen molar-refractivity contribution in [3.63, 3.8) is 0 Å². The van der Waals surface area contributed by atoms with Crippen LogP contribution < -0.4 is 5.73 Å². The second-order valence-corrected chi connectivity index (χ2v) is 5.35. The van der Waals surface area contributed by atoms with E-state index in [1.54, 1.807) is 0 Å². The maximum absolute atomic E-state index is 13.0. The quantitative estimate of drug-likeness (QED) is 0.890. The van der Waals surface area contributed by atoms with E-state index in [4.69, 9.17) is 5.73 Å². The van der Waals surface area contributed by atoms with E-state index in [1.165, 1.54) is 31.4 Å². The van der Waals surface area contributed by atoms with Crippen molar-refractivity contribution in [3.8, 4) is 0 Å². The third kappa shape index (κ3) is 3.09. The number of benzene rings is 1. The van der Waals surface area contributed by atoms with Crippen LogP contribution in [0.1, 0.15) is 38.2 Å². The Morgan fingerprint density at radius 2 is 1.78 bits per heavy atom. The van der Waals surface area contributed by atoms with Crippen molar-refractivity contribution in [2.45, 2.75) is 38.1 Å². The molecule has 0 aromatic heterocycles. The molecular weight excluding hydrogens is 227 g/mol. The van der Waals surface area contributed by atoms with Crippen molar-refractivity contribution in [1.82, 2.24) is 4.90 Å². The Labute approximate surface area is 109 Å². The van der Waals surface area contributed by atoms with Gasteiger partial charge in [0.2, 0.25) is 0 Å². The largest absolute Gasteiger partial charge is 0.320 e. The second-order valence-electron chi connectivity index (χ2n) is 5.35. The zero-order chi connectivity index (χ0) is 13.0. The Bertz CT molecular complexity index is 371. The molecule has 0 saturated carbocycles. The van der Waals surface area contributed by atoms with Gasteiger partial charge in [-0.15, -0.1) is 0 Å². The van der Waals surface area contributed by atoms with Crippen molar-refractivity contribution in [2.24, 2.45) is 5.73 Å². The molecule has 0 bridgehead atoms. The van der Waals surface area contributed by atoms with Crippen LogP contribution >= 0.6 is 0 Å². The maximum Gasteiger partial charge on any atom is 0.123 e. The highest BCUT2D eigenvalue weighted by Gasteiger charge is 2.28. The number of likely N-dealkylation sites (tertiary alicyclic amines) is 1. The summed E-state index contributed by atoms with van der Waals surface area (Å²) in [6.45, 7) is 5.25. The molecule has 1 unspecified atom stereocenters. The molecule has 1 aromatic rings. The molecular formula is C15H23FN2. The topological polar surface area (TPSA) is 29.3 Å². The summed E-state index contributed by atoms with van der Waals surface area (Å²) in [5.41, 5.74) is 7.22. The van der Waals surface area contributed by atoms with E-state index in [1.807, 2.05) is 12.1 Å². The Morgan fingerprint density at radius 3 is 2.33 bits per heavy atom. The van der Waals surface area contributed by atoms with Gasteiger partial charge < -0.3 is 10.6 Å². The van der Waals surface area contributed by atoms with Crippen molar-refractivity contribution in [1.29, 1.82) is 0 Å². The fraction of sp³-hybridized carbons (Fsp3) is 0.600. The summed E-state index contributed by atoms with van der Waals surface area (Å²) in [6.07, 6.45) is 4.73. The van der Waals surface area contributed by atoms with Crippen LogP contribution in [0.3, 0.4) is 0 Å². The molecule has 3 heteroatoms. The van der Waals surface area contributed by atoms with E-state index in [2.05, 4.69) is 11.8 Å². The molecule has 0 amide bonds. The number of piperidine rings is 1. The standard InChI is InChI=1S/C15H23FN2/c1-2-15(17,12-18-10-4-3-5-11-18)13-6-8-14(16)9-7-13/h6-9H,2-5,10-12,17H2,1H3. The lowest BCUT2D eigenvalue weighted by atomic mass is 9.87. The lowest BCUT2D eigenvalue weighted by Gasteiger charge is -2.37. The highest BCUT2D eigenvalue weighted by atomic mass is 19.1. The van der Waals surface area contributed by atoms with Crippen LogP contribution in [0.25, 0.3) is 0 Å². The van der Waals surface area contributed by atoms with Gasteiger partial charge in [0.15, 0.2) is 0 Å². The molecule has 0 radical (unpaired) electrons. The summed E-state index contributed by atoms with van der Waals surface area (Å²) < 4.78 is 13.0. The number of halogens is 1. The molecule has 1 aliphatic rings. The Hall–Kier alpha value is -0.930. The third-order valence-corrected chi connectivity index (χ3v) is 4.00. The first-order chi connectivity index (χ1) is 8.64. The first-order valence-corrected chi connectivity index (χ1v) is 6.91. The fourth-order valence-corrected chi connectivity index (χ4v) is 2.71. The van der Waals surface area contributed by atoms with E-state index < -0.39 is 0 Å². The van der Waals surface area contributed by atoms with Crippen LogP contribution in [0, 0.1) is 5.82 Å². The van der Waals surface area contributed by atoms with Crippen LogP contribution in [0.15, 0.2) is 24.3 Å². The summed E-state index contributed by atoms with van der Waals surface area (Å²) in [7, 11) is 0. The number of nitrogens with two attached hydrogens (primary N) is 1. The van der Waals surface area contributed by atoms with Gasteiger partial charge in [-0.25, -0.2) is 4.39 Å². The molecule has 1 aliphatic heterocycles. The molecule has 2 nitrogen and oxygen atoms in total. The molecule has 1 saturated heterocycles. The maximum atomic E-state index is 13.0. The number of hydrogen-bond donors (Lipinski definition) is 1. The zero-order valence-electron chi connectivity index (χ0n) is 11.2. The van der Waals surface area contributed by atoms with Crippen molar-refractivity contribution in [3.05, 3.63) is 35.6 Å². The molecule has 1 fully saturated rings.